The van der Waals surface area contributed by atoms with Gasteiger partial charge < -0.3 is 10.1 Å². The fourth-order valence-corrected chi connectivity index (χ4v) is 4.10. The minimum atomic E-state index is -3.77. The highest BCUT2D eigenvalue weighted by molar-refractivity contribution is 7.89. The van der Waals surface area contributed by atoms with E-state index in [2.05, 4.69) is 14.9 Å². The van der Waals surface area contributed by atoms with Gasteiger partial charge in [0.25, 0.3) is 0 Å². The van der Waals surface area contributed by atoms with Crippen LogP contribution in [0.1, 0.15) is 17.5 Å². The summed E-state index contributed by atoms with van der Waals surface area (Å²) < 4.78 is 44.8. The van der Waals surface area contributed by atoms with E-state index in [1.165, 1.54) is 17.7 Å². The molecule has 162 valence electrons. The van der Waals surface area contributed by atoms with Crippen LogP contribution in [0.25, 0.3) is 0 Å². The van der Waals surface area contributed by atoms with Crippen LogP contribution in [-0.2, 0) is 32.6 Å². The van der Waals surface area contributed by atoms with Crippen molar-refractivity contribution in [3.05, 3.63) is 65.5 Å². The molecule has 1 aliphatic rings. The Morgan fingerprint density at radius 3 is 2.30 bits per heavy atom. The Balaban J connectivity index is 1.38. The van der Waals surface area contributed by atoms with E-state index >= 15 is 0 Å². The lowest BCUT2D eigenvalue weighted by molar-refractivity contribution is -0.121. The number of halogens is 1. The first-order chi connectivity index (χ1) is 14.4. The number of hydrogen-bond acceptors (Lipinski definition) is 5. The number of amides is 1. The molecule has 0 saturated carbocycles. The molecule has 0 bridgehead atoms. The SMILES string of the molecule is O=C(CCNS(=O)(=O)c1ccc(F)cc1)NCc1ccc(CN2CCOCC2)cc1. The van der Waals surface area contributed by atoms with Crippen LogP contribution in [0.3, 0.4) is 0 Å². The number of ether oxygens (including phenoxy) is 1. The van der Waals surface area contributed by atoms with E-state index in [-0.39, 0.29) is 23.8 Å². The summed E-state index contributed by atoms with van der Waals surface area (Å²) in [6.07, 6.45) is 0.00946. The largest absolute Gasteiger partial charge is 0.379 e. The van der Waals surface area contributed by atoms with Crippen LogP contribution in [0, 0.1) is 5.82 Å². The number of nitrogens with one attached hydrogen (secondary N) is 2. The molecule has 30 heavy (non-hydrogen) atoms. The number of morpholine rings is 1. The van der Waals surface area contributed by atoms with Crippen molar-refractivity contribution >= 4 is 15.9 Å². The molecule has 1 amide bonds. The first kappa shape index (κ1) is 22.4. The van der Waals surface area contributed by atoms with Gasteiger partial charge in [0.05, 0.1) is 18.1 Å². The van der Waals surface area contributed by atoms with Crippen molar-refractivity contribution in [2.24, 2.45) is 0 Å². The first-order valence-corrected chi connectivity index (χ1v) is 11.3. The van der Waals surface area contributed by atoms with E-state index in [9.17, 15) is 17.6 Å². The lowest BCUT2D eigenvalue weighted by Crippen LogP contribution is -2.35. The first-order valence-electron chi connectivity index (χ1n) is 9.82. The van der Waals surface area contributed by atoms with Gasteiger partial charge in [-0.05, 0) is 35.4 Å². The van der Waals surface area contributed by atoms with Gasteiger partial charge in [-0.25, -0.2) is 17.5 Å². The maximum Gasteiger partial charge on any atom is 0.240 e. The van der Waals surface area contributed by atoms with Crippen LogP contribution in [0.5, 0.6) is 0 Å². The van der Waals surface area contributed by atoms with Crippen molar-refractivity contribution in [1.82, 2.24) is 14.9 Å². The standard InChI is InChI=1S/C21H26FN3O4S/c22-19-5-7-20(8-6-19)30(27,28)24-10-9-21(26)23-15-17-1-3-18(4-2-17)16-25-11-13-29-14-12-25/h1-8,24H,9-16H2,(H,23,26). The molecule has 0 aliphatic carbocycles. The van der Waals surface area contributed by atoms with Gasteiger partial charge in [0, 0.05) is 39.1 Å². The Labute approximate surface area is 176 Å². The van der Waals surface area contributed by atoms with Crippen molar-refractivity contribution in [2.75, 3.05) is 32.8 Å². The normalized spacial score (nSPS) is 15.1. The second-order valence-corrected chi connectivity index (χ2v) is 8.85. The number of carbonyl (C=O) groups excluding carboxylic acids is 1. The van der Waals surface area contributed by atoms with E-state index in [0.717, 1.165) is 50.5 Å². The molecule has 0 aromatic heterocycles. The van der Waals surface area contributed by atoms with E-state index in [1.807, 2.05) is 24.3 Å². The minimum absolute atomic E-state index is 0.00946. The highest BCUT2D eigenvalue weighted by Crippen LogP contribution is 2.10. The predicted molar refractivity (Wildman–Crippen MR) is 111 cm³/mol. The number of sulfonamides is 1. The number of rotatable bonds is 9. The molecule has 0 atom stereocenters. The summed E-state index contributed by atoms with van der Waals surface area (Å²) in [5.41, 5.74) is 2.18. The zero-order chi connectivity index (χ0) is 21.4. The van der Waals surface area contributed by atoms with Gasteiger partial charge in [-0.15, -0.1) is 0 Å². The monoisotopic (exact) mass is 435 g/mol. The molecule has 1 fully saturated rings. The Kier molecular flexibility index (Phi) is 7.92. The van der Waals surface area contributed by atoms with Gasteiger partial charge in [0.1, 0.15) is 5.82 Å². The average Bonchev–Trinajstić information content (AvgIpc) is 2.74. The highest BCUT2D eigenvalue weighted by Gasteiger charge is 2.14. The molecular formula is C21H26FN3O4S. The van der Waals surface area contributed by atoms with Crippen LogP contribution in [0.4, 0.5) is 4.39 Å². The number of nitrogens with zero attached hydrogens (tertiary/aromatic N) is 1. The van der Waals surface area contributed by atoms with Crippen molar-refractivity contribution in [2.45, 2.75) is 24.4 Å². The molecule has 0 spiro atoms. The average molecular weight is 436 g/mol. The van der Waals surface area contributed by atoms with Crippen LogP contribution >= 0.6 is 0 Å². The Hall–Kier alpha value is -2.33. The van der Waals surface area contributed by atoms with E-state index in [4.69, 9.17) is 4.74 Å². The lowest BCUT2D eigenvalue weighted by Gasteiger charge is -2.26. The molecule has 3 rings (SSSR count). The van der Waals surface area contributed by atoms with Gasteiger partial charge >= 0.3 is 0 Å². The molecule has 0 radical (unpaired) electrons. The molecule has 1 heterocycles. The summed E-state index contributed by atoms with van der Waals surface area (Å²) >= 11 is 0. The predicted octanol–water partition coefficient (Wildman–Crippen LogP) is 1.64. The highest BCUT2D eigenvalue weighted by atomic mass is 32.2. The van der Waals surface area contributed by atoms with Crippen molar-refractivity contribution in [3.63, 3.8) is 0 Å². The van der Waals surface area contributed by atoms with Crippen molar-refractivity contribution in [1.29, 1.82) is 0 Å². The van der Waals surface area contributed by atoms with Crippen molar-refractivity contribution in [3.8, 4) is 0 Å². The molecule has 7 nitrogen and oxygen atoms in total. The van der Waals surface area contributed by atoms with E-state index < -0.39 is 15.8 Å². The molecular weight excluding hydrogens is 409 g/mol. The Morgan fingerprint density at radius 1 is 1.00 bits per heavy atom. The summed E-state index contributed by atoms with van der Waals surface area (Å²) in [4.78, 5) is 14.3. The smallest absolute Gasteiger partial charge is 0.240 e. The third-order valence-electron chi connectivity index (χ3n) is 4.79. The van der Waals surface area contributed by atoms with Crippen LogP contribution < -0.4 is 10.0 Å². The third-order valence-corrected chi connectivity index (χ3v) is 6.27. The van der Waals surface area contributed by atoms with Crippen LogP contribution in [0.2, 0.25) is 0 Å². The summed E-state index contributed by atoms with van der Waals surface area (Å²) in [5, 5.41) is 2.78. The molecule has 1 aliphatic heterocycles. The minimum Gasteiger partial charge on any atom is -0.379 e. The molecule has 9 heteroatoms. The summed E-state index contributed by atoms with van der Waals surface area (Å²) in [6.45, 7) is 4.62. The Morgan fingerprint density at radius 2 is 1.63 bits per heavy atom. The zero-order valence-corrected chi connectivity index (χ0v) is 17.5. The van der Waals surface area contributed by atoms with Crippen LogP contribution in [0.15, 0.2) is 53.4 Å². The summed E-state index contributed by atoms with van der Waals surface area (Å²) in [5.74, 6) is -0.767. The Bertz CT molecular complexity index is 928. The maximum absolute atomic E-state index is 12.9. The summed E-state index contributed by atoms with van der Waals surface area (Å²) in [7, 11) is -3.77. The molecule has 1 saturated heterocycles. The van der Waals surface area contributed by atoms with Gasteiger partial charge in [-0.3, -0.25) is 9.69 Å². The quantitative estimate of drug-likeness (QED) is 0.625. The van der Waals surface area contributed by atoms with Crippen molar-refractivity contribution < 1.29 is 22.3 Å². The van der Waals surface area contributed by atoms with Gasteiger partial charge in [0.15, 0.2) is 0 Å². The fourth-order valence-electron chi connectivity index (χ4n) is 3.07. The second kappa shape index (κ2) is 10.6. The third kappa shape index (κ3) is 6.88. The summed E-state index contributed by atoms with van der Waals surface area (Å²) in [6, 6.07) is 12.6. The number of carbonyl (C=O) groups is 1. The van der Waals surface area contributed by atoms with E-state index in [0.29, 0.717) is 6.54 Å². The molecule has 2 aromatic carbocycles. The number of benzene rings is 2. The second-order valence-electron chi connectivity index (χ2n) is 7.08. The zero-order valence-electron chi connectivity index (χ0n) is 16.6. The molecule has 0 unspecified atom stereocenters. The lowest BCUT2D eigenvalue weighted by atomic mass is 10.1. The van der Waals surface area contributed by atoms with Gasteiger partial charge in [-0.1, -0.05) is 24.3 Å². The van der Waals surface area contributed by atoms with Gasteiger partial charge in [-0.2, -0.15) is 0 Å². The maximum atomic E-state index is 12.9. The van der Waals surface area contributed by atoms with Crippen LogP contribution in [-0.4, -0.2) is 52.1 Å². The fraction of sp³-hybridized carbons (Fsp3) is 0.381. The topological polar surface area (TPSA) is 87.7 Å². The van der Waals surface area contributed by atoms with E-state index in [1.54, 1.807) is 0 Å². The van der Waals surface area contributed by atoms with Gasteiger partial charge in [0.2, 0.25) is 15.9 Å². The number of hydrogen-bond donors (Lipinski definition) is 2. The molecule has 2 aromatic rings. The molecule has 2 N–H and O–H groups in total.